The van der Waals surface area contributed by atoms with Crippen molar-refractivity contribution in [3.05, 3.63) is 54.5 Å². The van der Waals surface area contributed by atoms with E-state index >= 15 is 0 Å². The van der Waals surface area contributed by atoms with E-state index in [0.29, 0.717) is 18.6 Å². The van der Waals surface area contributed by atoms with E-state index in [0.717, 1.165) is 16.5 Å². The van der Waals surface area contributed by atoms with E-state index in [-0.39, 0.29) is 23.2 Å². The molecule has 0 bridgehead atoms. The minimum Gasteiger partial charge on any atom is -0.396 e. The lowest BCUT2D eigenvalue weighted by atomic mass is 10.1. The first kappa shape index (κ1) is 16.3. The van der Waals surface area contributed by atoms with Crippen LogP contribution in [0.3, 0.4) is 0 Å². The fourth-order valence-electron chi connectivity index (χ4n) is 3.13. The summed E-state index contributed by atoms with van der Waals surface area (Å²) in [5, 5.41) is 9.92. The summed E-state index contributed by atoms with van der Waals surface area (Å²) in [4.78, 5) is 3.26. The van der Waals surface area contributed by atoms with Gasteiger partial charge in [0.05, 0.1) is 4.90 Å². The van der Waals surface area contributed by atoms with Crippen LogP contribution in [0.15, 0.2) is 53.6 Å². The molecule has 0 aliphatic carbocycles. The fourth-order valence-corrected chi connectivity index (χ4v) is 4.72. The number of fused-ring (bicyclic) bond motifs is 1. The summed E-state index contributed by atoms with van der Waals surface area (Å²) in [7, 11) is -3.51. The molecular weight excluding hydrogens is 343 g/mol. The zero-order valence-corrected chi connectivity index (χ0v) is 14.1. The molecular formula is C18H17FN2O3S. The highest BCUT2D eigenvalue weighted by atomic mass is 32.2. The summed E-state index contributed by atoms with van der Waals surface area (Å²) in [6.45, 7) is 0.718. The Kier molecular flexibility index (Phi) is 3.87. The SMILES string of the molecule is O=S(=O)(c1ccc(-c2c[nH]c3cc(F)ccc23)cc1)N1CC(CO)C1. The quantitative estimate of drug-likeness (QED) is 0.751. The molecule has 25 heavy (non-hydrogen) atoms. The third-order valence-electron chi connectivity index (χ3n) is 4.63. The Morgan fingerprint density at radius 2 is 1.88 bits per heavy atom. The predicted octanol–water partition coefficient (Wildman–Crippen LogP) is 2.59. The Hall–Kier alpha value is -2.22. The molecule has 2 heterocycles. The average Bonchev–Trinajstić information content (AvgIpc) is 2.96. The molecule has 1 aliphatic rings. The zero-order valence-electron chi connectivity index (χ0n) is 13.3. The van der Waals surface area contributed by atoms with Crippen LogP contribution >= 0.6 is 0 Å². The zero-order chi connectivity index (χ0) is 17.6. The van der Waals surface area contributed by atoms with E-state index < -0.39 is 10.0 Å². The first-order chi connectivity index (χ1) is 12.0. The van der Waals surface area contributed by atoms with Crippen LogP contribution in [0.2, 0.25) is 0 Å². The molecule has 0 atom stereocenters. The van der Waals surface area contributed by atoms with Crippen LogP contribution in [-0.2, 0) is 10.0 Å². The van der Waals surface area contributed by atoms with Gasteiger partial charge in [-0.05, 0) is 35.9 Å². The first-order valence-electron chi connectivity index (χ1n) is 7.97. The second-order valence-corrected chi connectivity index (χ2v) is 8.23. The van der Waals surface area contributed by atoms with Crippen LogP contribution in [0.4, 0.5) is 4.39 Å². The van der Waals surface area contributed by atoms with E-state index in [1.807, 2.05) is 0 Å². The number of benzene rings is 2. The molecule has 2 N–H and O–H groups in total. The van der Waals surface area contributed by atoms with Gasteiger partial charge in [0.25, 0.3) is 0 Å². The standard InChI is InChI=1S/C18H17FN2O3S/c19-14-3-6-16-17(8-20-18(16)7-14)13-1-4-15(5-2-13)25(23,24)21-9-12(10-21)11-22/h1-8,12,20,22H,9-11H2. The van der Waals surface area contributed by atoms with Gasteiger partial charge >= 0.3 is 0 Å². The highest BCUT2D eigenvalue weighted by molar-refractivity contribution is 7.89. The topological polar surface area (TPSA) is 73.4 Å². The van der Waals surface area contributed by atoms with E-state index in [4.69, 9.17) is 5.11 Å². The molecule has 4 rings (SSSR count). The number of aromatic nitrogens is 1. The van der Waals surface area contributed by atoms with Gasteiger partial charge in [0.15, 0.2) is 0 Å². The van der Waals surface area contributed by atoms with Gasteiger partial charge in [-0.3, -0.25) is 0 Å². The number of halogens is 1. The van der Waals surface area contributed by atoms with Crippen LogP contribution in [0.25, 0.3) is 22.0 Å². The molecule has 0 radical (unpaired) electrons. The number of rotatable bonds is 4. The number of H-pyrrole nitrogens is 1. The maximum Gasteiger partial charge on any atom is 0.243 e. The highest BCUT2D eigenvalue weighted by Gasteiger charge is 2.36. The van der Waals surface area contributed by atoms with E-state index in [2.05, 4.69) is 4.98 Å². The van der Waals surface area contributed by atoms with Crippen molar-refractivity contribution in [3.8, 4) is 11.1 Å². The Morgan fingerprint density at radius 3 is 2.56 bits per heavy atom. The van der Waals surface area contributed by atoms with Crippen molar-refractivity contribution in [2.24, 2.45) is 5.92 Å². The molecule has 1 fully saturated rings. The van der Waals surface area contributed by atoms with Gasteiger partial charge in [0.2, 0.25) is 10.0 Å². The minimum atomic E-state index is -3.51. The van der Waals surface area contributed by atoms with E-state index in [1.54, 1.807) is 36.5 Å². The van der Waals surface area contributed by atoms with Crippen LogP contribution in [0, 0.1) is 11.7 Å². The molecule has 1 aromatic heterocycles. The number of aliphatic hydroxyl groups excluding tert-OH is 1. The van der Waals surface area contributed by atoms with E-state index in [9.17, 15) is 12.8 Å². The number of aliphatic hydroxyl groups is 1. The summed E-state index contributed by atoms with van der Waals surface area (Å²) < 4.78 is 39.7. The van der Waals surface area contributed by atoms with Gasteiger partial charge in [-0.1, -0.05) is 12.1 Å². The van der Waals surface area contributed by atoms with Crippen molar-refractivity contribution in [2.45, 2.75) is 4.90 Å². The average molecular weight is 360 g/mol. The summed E-state index contributed by atoms with van der Waals surface area (Å²) >= 11 is 0. The molecule has 0 unspecified atom stereocenters. The number of nitrogens with zero attached hydrogens (tertiary/aromatic N) is 1. The van der Waals surface area contributed by atoms with Gasteiger partial charge < -0.3 is 10.1 Å². The lowest BCUT2D eigenvalue weighted by molar-refractivity contribution is 0.117. The fraction of sp³-hybridized carbons (Fsp3) is 0.222. The minimum absolute atomic E-state index is 0.00607. The smallest absolute Gasteiger partial charge is 0.243 e. The molecule has 1 saturated heterocycles. The van der Waals surface area contributed by atoms with Crippen molar-refractivity contribution >= 4 is 20.9 Å². The first-order valence-corrected chi connectivity index (χ1v) is 9.41. The number of hydrogen-bond acceptors (Lipinski definition) is 3. The molecule has 7 heteroatoms. The lowest BCUT2D eigenvalue weighted by Gasteiger charge is -2.36. The second kappa shape index (κ2) is 5.94. The number of hydrogen-bond donors (Lipinski definition) is 2. The summed E-state index contributed by atoms with van der Waals surface area (Å²) in [6.07, 6.45) is 1.79. The monoisotopic (exact) mass is 360 g/mol. The van der Waals surface area contributed by atoms with Crippen molar-refractivity contribution < 1.29 is 17.9 Å². The van der Waals surface area contributed by atoms with Gasteiger partial charge in [-0.25, -0.2) is 12.8 Å². The number of sulfonamides is 1. The summed E-state index contributed by atoms with van der Waals surface area (Å²) in [5.41, 5.74) is 2.44. The van der Waals surface area contributed by atoms with Crippen molar-refractivity contribution in [2.75, 3.05) is 19.7 Å². The highest BCUT2D eigenvalue weighted by Crippen LogP contribution is 2.31. The molecule has 0 amide bonds. The van der Waals surface area contributed by atoms with Gasteiger partial charge in [0, 0.05) is 48.3 Å². The molecule has 5 nitrogen and oxygen atoms in total. The third-order valence-corrected chi connectivity index (χ3v) is 6.47. The largest absolute Gasteiger partial charge is 0.396 e. The lowest BCUT2D eigenvalue weighted by Crippen LogP contribution is -2.51. The third kappa shape index (κ3) is 2.74. The Bertz CT molecular complexity index is 1020. The van der Waals surface area contributed by atoms with Crippen LogP contribution in [0.1, 0.15) is 0 Å². The molecule has 0 saturated carbocycles. The Morgan fingerprint density at radius 1 is 1.16 bits per heavy atom. The van der Waals surface area contributed by atoms with Crippen LogP contribution < -0.4 is 0 Å². The van der Waals surface area contributed by atoms with Crippen LogP contribution in [0.5, 0.6) is 0 Å². The van der Waals surface area contributed by atoms with Gasteiger partial charge in [-0.15, -0.1) is 0 Å². The Balaban J connectivity index is 1.64. The van der Waals surface area contributed by atoms with Gasteiger partial charge in [0.1, 0.15) is 5.82 Å². The normalized spacial score (nSPS) is 16.2. The van der Waals surface area contributed by atoms with Crippen molar-refractivity contribution in [1.82, 2.24) is 9.29 Å². The molecule has 2 aromatic carbocycles. The second-order valence-electron chi connectivity index (χ2n) is 6.29. The number of nitrogens with one attached hydrogen (secondary N) is 1. The maximum atomic E-state index is 13.3. The summed E-state index contributed by atoms with van der Waals surface area (Å²) in [5.74, 6) is -0.279. The molecule has 1 aliphatic heterocycles. The van der Waals surface area contributed by atoms with Crippen LogP contribution in [-0.4, -0.2) is 42.5 Å². The van der Waals surface area contributed by atoms with Gasteiger partial charge in [-0.2, -0.15) is 4.31 Å². The number of aromatic amines is 1. The molecule has 130 valence electrons. The van der Waals surface area contributed by atoms with Crippen molar-refractivity contribution in [1.29, 1.82) is 0 Å². The van der Waals surface area contributed by atoms with Crippen molar-refractivity contribution in [3.63, 3.8) is 0 Å². The molecule has 3 aromatic rings. The molecule has 0 spiro atoms. The van der Waals surface area contributed by atoms with E-state index in [1.165, 1.54) is 16.4 Å². The summed E-state index contributed by atoms with van der Waals surface area (Å²) in [6, 6.07) is 11.2. The predicted molar refractivity (Wildman–Crippen MR) is 93.0 cm³/mol. The maximum absolute atomic E-state index is 13.3. The Labute approximate surface area is 144 Å².